The van der Waals surface area contributed by atoms with Crippen LogP contribution in [0.15, 0.2) is 40.5 Å². The Morgan fingerprint density at radius 2 is 1.93 bits per heavy atom. The van der Waals surface area contributed by atoms with Crippen LogP contribution in [-0.4, -0.2) is 42.6 Å². The van der Waals surface area contributed by atoms with Crippen LogP contribution in [0.5, 0.6) is 5.88 Å². The van der Waals surface area contributed by atoms with E-state index in [9.17, 15) is 4.79 Å². The standard InChI is InChI=1S/C23H25N3O2S/c1-13(12-26(3)4)15-6-8-16(9-7-15)18-19-17-10-11-29-21(17)22(27)25-20(19)14(2)24-23(18)28-5/h6-11,13H,12H2,1-5H3,(H,25,27). The third-order valence-corrected chi connectivity index (χ3v) is 6.24. The highest BCUT2D eigenvalue weighted by Gasteiger charge is 2.19. The first-order chi connectivity index (χ1) is 13.9. The van der Waals surface area contributed by atoms with Crippen LogP contribution in [0.4, 0.5) is 0 Å². The van der Waals surface area contributed by atoms with Gasteiger partial charge in [-0.3, -0.25) is 4.79 Å². The molecule has 4 aromatic rings. The minimum Gasteiger partial charge on any atom is -0.481 e. The monoisotopic (exact) mass is 407 g/mol. The predicted octanol–water partition coefficient (Wildman–Crippen LogP) is 4.79. The Morgan fingerprint density at radius 1 is 1.21 bits per heavy atom. The van der Waals surface area contributed by atoms with Gasteiger partial charge >= 0.3 is 0 Å². The van der Waals surface area contributed by atoms with Gasteiger partial charge < -0.3 is 14.6 Å². The fourth-order valence-corrected chi connectivity index (χ4v) is 4.79. The van der Waals surface area contributed by atoms with E-state index in [-0.39, 0.29) is 5.56 Å². The summed E-state index contributed by atoms with van der Waals surface area (Å²) in [5, 5.41) is 3.88. The van der Waals surface area contributed by atoms with Crippen LogP contribution in [0.3, 0.4) is 0 Å². The number of thiophene rings is 1. The van der Waals surface area contributed by atoms with Gasteiger partial charge in [-0.1, -0.05) is 31.2 Å². The molecule has 0 bridgehead atoms. The normalized spacial score (nSPS) is 12.8. The molecule has 5 nitrogen and oxygen atoms in total. The summed E-state index contributed by atoms with van der Waals surface area (Å²) >= 11 is 1.45. The molecule has 0 aliphatic rings. The highest BCUT2D eigenvalue weighted by atomic mass is 32.1. The van der Waals surface area contributed by atoms with Crippen molar-refractivity contribution >= 4 is 32.3 Å². The number of hydrogen-bond acceptors (Lipinski definition) is 5. The number of aromatic amines is 1. The molecule has 1 atom stereocenters. The molecular weight excluding hydrogens is 382 g/mol. The maximum atomic E-state index is 12.5. The lowest BCUT2D eigenvalue weighted by Crippen LogP contribution is -2.18. The predicted molar refractivity (Wildman–Crippen MR) is 121 cm³/mol. The molecule has 6 heteroatoms. The molecule has 150 valence electrons. The molecule has 0 saturated carbocycles. The molecule has 1 unspecified atom stereocenters. The SMILES string of the molecule is COc1nc(C)c2[nH]c(=O)c3sccc3c2c1-c1ccc(C(C)CN(C)C)cc1. The average molecular weight is 408 g/mol. The van der Waals surface area contributed by atoms with Crippen LogP contribution in [0.1, 0.15) is 24.1 Å². The van der Waals surface area contributed by atoms with Gasteiger partial charge in [0.1, 0.15) is 4.70 Å². The number of H-pyrrole nitrogens is 1. The van der Waals surface area contributed by atoms with Gasteiger partial charge in [0.25, 0.3) is 5.56 Å². The van der Waals surface area contributed by atoms with Gasteiger partial charge in [0, 0.05) is 17.3 Å². The number of aromatic nitrogens is 2. The Kier molecular flexibility index (Phi) is 5.15. The lowest BCUT2D eigenvalue weighted by Gasteiger charge is -2.18. The summed E-state index contributed by atoms with van der Waals surface area (Å²) in [4.78, 5) is 22.4. The molecule has 1 N–H and O–H groups in total. The van der Waals surface area contributed by atoms with Crippen LogP contribution in [0, 0.1) is 6.92 Å². The third-order valence-electron chi connectivity index (χ3n) is 5.32. The molecule has 0 spiro atoms. The average Bonchev–Trinajstić information content (AvgIpc) is 3.19. The van der Waals surface area contributed by atoms with E-state index in [4.69, 9.17) is 4.74 Å². The number of nitrogens with zero attached hydrogens (tertiary/aromatic N) is 2. The van der Waals surface area contributed by atoms with Crippen molar-refractivity contribution in [3.8, 4) is 17.0 Å². The van der Waals surface area contributed by atoms with E-state index >= 15 is 0 Å². The van der Waals surface area contributed by atoms with E-state index in [2.05, 4.69) is 60.2 Å². The lowest BCUT2D eigenvalue weighted by atomic mass is 9.95. The van der Waals surface area contributed by atoms with Crippen molar-refractivity contribution in [1.29, 1.82) is 0 Å². The summed E-state index contributed by atoms with van der Waals surface area (Å²) in [7, 11) is 5.82. The Balaban J connectivity index is 1.97. The largest absolute Gasteiger partial charge is 0.481 e. The van der Waals surface area contributed by atoms with Crippen LogP contribution in [0.2, 0.25) is 0 Å². The molecule has 0 aliphatic carbocycles. The summed E-state index contributed by atoms with van der Waals surface area (Å²) in [5.41, 5.74) is 4.68. The van der Waals surface area contributed by atoms with Crippen LogP contribution >= 0.6 is 11.3 Å². The second-order valence-corrected chi connectivity index (χ2v) is 8.65. The van der Waals surface area contributed by atoms with Crippen molar-refractivity contribution in [2.24, 2.45) is 0 Å². The number of aryl methyl sites for hydroxylation is 1. The summed E-state index contributed by atoms with van der Waals surface area (Å²) in [6.45, 7) is 5.13. The molecule has 0 saturated heterocycles. The maximum absolute atomic E-state index is 12.5. The van der Waals surface area contributed by atoms with Crippen LogP contribution in [0.25, 0.3) is 32.1 Å². The molecule has 29 heavy (non-hydrogen) atoms. The summed E-state index contributed by atoms with van der Waals surface area (Å²) in [6.07, 6.45) is 0. The first-order valence-corrected chi connectivity index (χ1v) is 10.5. The Morgan fingerprint density at radius 3 is 2.59 bits per heavy atom. The number of fused-ring (bicyclic) bond motifs is 3. The highest BCUT2D eigenvalue weighted by Crippen LogP contribution is 2.40. The second-order valence-electron chi connectivity index (χ2n) is 7.73. The van der Waals surface area contributed by atoms with E-state index in [1.807, 2.05) is 18.4 Å². The van der Waals surface area contributed by atoms with Crippen molar-refractivity contribution in [1.82, 2.24) is 14.9 Å². The van der Waals surface area contributed by atoms with E-state index in [0.29, 0.717) is 11.8 Å². The van der Waals surface area contributed by atoms with Crippen LogP contribution < -0.4 is 10.3 Å². The minimum atomic E-state index is -0.0728. The Bertz CT molecular complexity index is 1240. The number of benzene rings is 1. The van der Waals surface area contributed by atoms with E-state index in [1.54, 1.807) is 7.11 Å². The molecule has 0 fully saturated rings. The zero-order valence-electron chi connectivity index (χ0n) is 17.4. The first kappa shape index (κ1) is 19.6. The summed E-state index contributed by atoms with van der Waals surface area (Å²) in [5.74, 6) is 1.01. The van der Waals surface area contributed by atoms with Gasteiger partial charge in [0.05, 0.1) is 23.9 Å². The molecule has 4 rings (SSSR count). The number of ether oxygens (including phenoxy) is 1. The number of nitrogens with one attached hydrogen (secondary N) is 1. The molecule has 0 amide bonds. The van der Waals surface area contributed by atoms with E-state index < -0.39 is 0 Å². The van der Waals surface area contributed by atoms with Gasteiger partial charge in [-0.25, -0.2) is 4.98 Å². The number of methoxy groups -OCH3 is 1. The molecule has 1 aromatic carbocycles. The zero-order chi connectivity index (χ0) is 20.7. The quantitative estimate of drug-likeness (QED) is 0.517. The highest BCUT2D eigenvalue weighted by molar-refractivity contribution is 7.17. The molecule has 3 heterocycles. The topological polar surface area (TPSA) is 58.2 Å². The van der Waals surface area contributed by atoms with E-state index in [0.717, 1.165) is 44.4 Å². The van der Waals surface area contributed by atoms with Crippen molar-refractivity contribution in [2.45, 2.75) is 19.8 Å². The summed E-state index contributed by atoms with van der Waals surface area (Å²) < 4.78 is 6.39. The second kappa shape index (κ2) is 7.61. The van der Waals surface area contributed by atoms with Crippen molar-refractivity contribution in [2.75, 3.05) is 27.7 Å². The Hall–Kier alpha value is -2.70. The van der Waals surface area contributed by atoms with Gasteiger partial charge in [-0.15, -0.1) is 11.3 Å². The van der Waals surface area contributed by atoms with Gasteiger partial charge in [-0.05, 0) is 49.5 Å². The third kappa shape index (κ3) is 3.43. The van der Waals surface area contributed by atoms with E-state index in [1.165, 1.54) is 16.9 Å². The molecule has 0 radical (unpaired) electrons. The zero-order valence-corrected chi connectivity index (χ0v) is 18.2. The van der Waals surface area contributed by atoms with Crippen molar-refractivity contribution < 1.29 is 4.74 Å². The number of pyridine rings is 2. The molecule has 3 aromatic heterocycles. The number of likely N-dealkylation sites (N-methyl/N-ethyl adjacent to an activating group) is 1. The van der Waals surface area contributed by atoms with Gasteiger partial charge in [-0.2, -0.15) is 0 Å². The maximum Gasteiger partial charge on any atom is 0.266 e. The summed E-state index contributed by atoms with van der Waals surface area (Å²) in [6, 6.07) is 10.6. The van der Waals surface area contributed by atoms with Gasteiger partial charge in [0.15, 0.2) is 0 Å². The minimum absolute atomic E-state index is 0.0728. The molecule has 0 aliphatic heterocycles. The fourth-order valence-electron chi connectivity index (χ4n) is 4.00. The first-order valence-electron chi connectivity index (χ1n) is 9.63. The number of hydrogen-bond donors (Lipinski definition) is 1. The van der Waals surface area contributed by atoms with Crippen molar-refractivity contribution in [3.63, 3.8) is 0 Å². The molecular formula is C23H25N3O2S. The van der Waals surface area contributed by atoms with Gasteiger partial charge in [0.2, 0.25) is 5.88 Å². The lowest BCUT2D eigenvalue weighted by molar-refractivity contribution is 0.383. The smallest absolute Gasteiger partial charge is 0.266 e. The van der Waals surface area contributed by atoms with Crippen LogP contribution in [-0.2, 0) is 0 Å². The van der Waals surface area contributed by atoms with Crippen molar-refractivity contribution in [3.05, 3.63) is 57.3 Å². The Labute approximate surface area is 174 Å². The fraction of sp³-hybridized carbons (Fsp3) is 0.304. The number of rotatable bonds is 5.